The van der Waals surface area contributed by atoms with Crippen molar-refractivity contribution in [1.82, 2.24) is 0 Å². The van der Waals surface area contributed by atoms with Crippen LogP contribution in [0.4, 0.5) is 0 Å². The van der Waals surface area contributed by atoms with Crippen LogP contribution in [0.2, 0.25) is 0 Å². The van der Waals surface area contributed by atoms with Gasteiger partial charge in [-0.25, -0.2) is 0 Å². The number of rotatable bonds is 7. The molecule has 156 valence electrons. The molecular formula is C21H24O8. The number of hydrogen-bond acceptors (Lipinski definition) is 8. The summed E-state index contributed by atoms with van der Waals surface area (Å²) in [7, 11) is 1.57. The summed E-state index contributed by atoms with van der Waals surface area (Å²) in [4.78, 5) is 12.8. The van der Waals surface area contributed by atoms with Gasteiger partial charge in [0.05, 0.1) is 13.7 Å². The molecule has 0 aromatic heterocycles. The molecule has 8 nitrogen and oxygen atoms in total. The summed E-state index contributed by atoms with van der Waals surface area (Å²) in [6, 6.07) is 11.6. The fourth-order valence-electron chi connectivity index (χ4n) is 3.08. The maximum atomic E-state index is 12.8. The minimum atomic E-state index is -1.51. The van der Waals surface area contributed by atoms with E-state index in [0.29, 0.717) is 6.42 Å². The van der Waals surface area contributed by atoms with Crippen molar-refractivity contribution in [3.8, 4) is 17.2 Å². The Morgan fingerprint density at radius 1 is 1.10 bits per heavy atom. The van der Waals surface area contributed by atoms with Gasteiger partial charge in [0.25, 0.3) is 0 Å². The molecule has 1 aliphatic heterocycles. The van der Waals surface area contributed by atoms with Crippen LogP contribution in [0, 0.1) is 0 Å². The van der Waals surface area contributed by atoms with Gasteiger partial charge in [-0.3, -0.25) is 4.79 Å². The predicted molar refractivity (Wildman–Crippen MR) is 102 cm³/mol. The molecule has 1 saturated heterocycles. The summed E-state index contributed by atoms with van der Waals surface area (Å²) < 4.78 is 15.9. The van der Waals surface area contributed by atoms with Gasteiger partial charge >= 0.3 is 0 Å². The second kappa shape index (κ2) is 9.23. The van der Waals surface area contributed by atoms with Gasteiger partial charge in [0.2, 0.25) is 6.29 Å². The quantitative estimate of drug-likeness (QED) is 0.504. The molecule has 1 aliphatic rings. The number of phenols is 1. The Balaban J connectivity index is 1.72. The first-order chi connectivity index (χ1) is 13.9. The first kappa shape index (κ1) is 21.1. The average molecular weight is 404 g/mol. The molecule has 1 heterocycles. The number of methoxy groups -OCH3 is 1. The molecule has 0 unspecified atom stereocenters. The zero-order valence-corrected chi connectivity index (χ0v) is 15.9. The minimum Gasteiger partial charge on any atom is -0.507 e. The minimum absolute atomic E-state index is 0.0253. The highest BCUT2D eigenvalue weighted by molar-refractivity contribution is 6.01. The number of phenolic OH excluding ortho intramolecular Hbond substituents is 1. The Morgan fingerprint density at radius 3 is 2.52 bits per heavy atom. The van der Waals surface area contributed by atoms with E-state index in [0.717, 1.165) is 11.3 Å². The topological polar surface area (TPSA) is 126 Å². The van der Waals surface area contributed by atoms with Crippen LogP contribution in [0.3, 0.4) is 0 Å². The van der Waals surface area contributed by atoms with Crippen molar-refractivity contribution in [2.75, 3.05) is 13.7 Å². The van der Waals surface area contributed by atoms with Gasteiger partial charge < -0.3 is 34.6 Å². The highest BCUT2D eigenvalue weighted by Gasteiger charge is 2.39. The number of ether oxygens (including phenoxy) is 3. The number of hydrogen-bond donors (Lipinski definition) is 4. The van der Waals surface area contributed by atoms with Gasteiger partial charge in [-0.15, -0.1) is 0 Å². The first-order valence-corrected chi connectivity index (χ1v) is 9.21. The number of ketones is 1. The molecule has 4 N–H and O–H groups in total. The molecule has 0 saturated carbocycles. The molecular weight excluding hydrogens is 380 g/mol. The third-order valence-corrected chi connectivity index (χ3v) is 4.78. The zero-order valence-electron chi connectivity index (χ0n) is 15.9. The highest BCUT2D eigenvalue weighted by Crippen LogP contribution is 2.31. The number of aromatic hydroxyl groups is 1. The van der Waals surface area contributed by atoms with Gasteiger partial charge in [-0.2, -0.15) is 0 Å². The molecule has 0 bridgehead atoms. The number of aryl methyl sites for hydroxylation is 1. The van der Waals surface area contributed by atoms with E-state index in [2.05, 4.69) is 0 Å². The molecule has 4 atom stereocenters. The van der Waals surface area contributed by atoms with Crippen LogP contribution >= 0.6 is 0 Å². The van der Waals surface area contributed by atoms with Crippen molar-refractivity contribution in [3.05, 3.63) is 53.6 Å². The predicted octanol–water partition coefficient (Wildman–Crippen LogP) is 1.03. The maximum absolute atomic E-state index is 12.8. The summed E-state index contributed by atoms with van der Waals surface area (Å²) in [6.07, 6.45) is -4.91. The first-order valence-electron chi connectivity index (χ1n) is 9.21. The van der Waals surface area contributed by atoms with Gasteiger partial charge in [-0.1, -0.05) is 18.2 Å². The Bertz CT molecular complexity index is 835. The zero-order chi connectivity index (χ0) is 21.0. The van der Waals surface area contributed by atoms with Crippen molar-refractivity contribution in [1.29, 1.82) is 0 Å². The van der Waals surface area contributed by atoms with Crippen molar-refractivity contribution < 1.29 is 39.4 Å². The van der Waals surface area contributed by atoms with Crippen LogP contribution in [0.5, 0.6) is 17.2 Å². The lowest BCUT2D eigenvalue weighted by Crippen LogP contribution is -2.54. The SMILES string of the molecule is COc1ccc(CCC(=O)c2c(O)cccc2O[C@@H]2OC[C@@H](O)[C@H](O)[C@H]2O)cc1. The Kier molecular flexibility index (Phi) is 6.71. The van der Waals surface area contributed by atoms with Crippen molar-refractivity contribution in [3.63, 3.8) is 0 Å². The number of carbonyl (C=O) groups is 1. The van der Waals surface area contributed by atoms with E-state index in [1.165, 1.54) is 18.2 Å². The molecule has 0 radical (unpaired) electrons. The summed E-state index contributed by atoms with van der Waals surface area (Å²) in [5, 5.41) is 39.6. The Morgan fingerprint density at radius 2 is 1.83 bits per heavy atom. The number of aliphatic hydroxyl groups is 3. The fourth-order valence-corrected chi connectivity index (χ4v) is 3.08. The summed E-state index contributed by atoms with van der Waals surface area (Å²) >= 11 is 0. The van der Waals surface area contributed by atoms with Gasteiger partial charge in [-0.05, 0) is 36.2 Å². The third-order valence-electron chi connectivity index (χ3n) is 4.78. The lowest BCUT2D eigenvalue weighted by Gasteiger charge is -2.35. The smallest absolute Gasteiger partial charge is 0.228 e. The van der Waals surface area contributed by atoms with Crippen LogP contribution in [-0.2, 0) is 11.2 Å². The van der Waals surface area contributed by atoms with Crippen LogP contribution in [0.25, 0.3) is 0 Å². The van der Waals surface area contributed by atoms with Crippen molar-refractivity contribution in [2.45, 2.75) is 37.4 Å². The molecule has 3 rings (SSSR count). The number of benzene rings is 2. The largest absolute Gasteiger partial charge is 0.507 e. The van der Waals surface area contributed by atoms with Gasteiger partial charge in [0.15, 0.2) is 5.78 Å². The summed E-state index contributed by atoms with van der Waals surface area (Å²) in [5.41, 5.74) is 0.901. The van der Waals surface area contributed by atoms with Crippen LogP contribution in [0.15, 0.2) is 42.5 Å². The van der Waals surface area contributed by atoms with Crippen molar-refractivity contribution >= 4 is 5.78 Å². The normalized spacial score (nSPS) is 24.1. The lowest BCUT2D eigenvalue weighted by molar-refractivity contribution is -0.242. The van der Waals surface area contributed by atoms with Crippen LogP contribution < -0.4 is 9.47 Å². The fraction of sp³-hybridized carbons (Fsp3) is 0.381. The molecule has 0 amide bonds. The second-order valence-corrected chi connectivity index (χ2v) is 6.79. The summed E-state index contributed by atoms with van der Waals surface area (Å²) in [5.74, 6) is 0.139. The van der Waals surface area contributed by atoms with Gasteiger partial charge in [0.1, 0.15) is 41.1 Å². The van der Waals surface area contributed by atoms with E-state index >= 15 is 0 Å². The highest BCUT2D eigenvalue weighted by atomic mass is 16.7. The molecule has 2 aromatic rings. The maximum Gasteiger partial charge on any atom is 0.228 e. The van der Waals surface area contributed by atoms with E-state index in [9.17, 15) is 25.2 Å². The van der Waals surface area contributed by atoms with E-state index in [4.69, 9.17) is 14.2 Å². The van der Waals surface area contributed by atoms with Crippen molar-refractivity contribution in [2.24, 2.45) is 0 Å². The standard InChI is InChI=1S/C21H24O8/c1-27-13-8-5-12(6-9-13)7-10-15(23)18-14(22)3-2-4-17(18)29-21-20(26)19(25)16(24)11-28-21/h2-6,8-9,16,19-22,24-26H,7,10-11H2,1H3/t16-,19+,20-,21+/m1/s1. The van der Waals surface area contributed by atoms with Gasteiger partial charge in [0, 0.05) is 6.42 Å². The molecule has 1 fully saturated rings. The van der Waals surface area contributed by atoms with E-state index < -0.39 is 24.6 Å². The molecule has 2 aromatic carbocycles. The lowest BCUT2D eigenvalue weighted by atomic mass is 10.0. The van der Waals surface area contributed by atoms with E-state index in [-0.39, 0.29) is 35.9 Å². The molecule has 8 heteroatoms. The van der Waals surface area contributed by atoms with Crippen LogP contribution in [0.1, 0.15) is 22.3 Å². The van der Waals surface area contributed by atoms with E-state index in [1.807, 2.05) is 12.1 Å². The second-order valence-electron chi connectivity index (χ2n) is 6.79. The Hall–Kier alpha value is -2.65. The van der Waals surface area contributed by atoms with Crippen LogP contribution in [-0.4, -0.2) is 64.5 Å². The van der Waals surface area contributed by atoms with E-state index in [1.54, 1.807) is 19.2 Å². The number of Topliss-reactive ketones (excluding diaryl/α,β-unsaturated/α-hetero) is 1. The molecule has 29 heavy (non-hydrogen) atoms. The molecule has 0 spiro atoms. The molecule has 0 aliphatic carbocycles. The number of carbonyl (C=O) groups excluding carboxylic acids is 1. The third kappa shape index (κ3) is 4.86. The number of aliphatic hydroxyl groups excluding tert-OH is 3. The Labute approximate surface area is 167 Å². The summed E-state index contributed by atoms with van der Waals surface area (Å²) in [6.45, 7) is -0.234. The average Bonchev–Trinajstić information content (AvgIpc) is 2.73. The monoisotopic (exact) mass is 404 g/mol.